The molecule has 6 heteroatoms. The molecule has 0 rings (SSSR count). The van der Waals surface area contributed by atoms with E-state index in [1.165, 1.54) is 12.8 Å². The molecule has 0 radical (unpaired) electrons. The van der Waals surface area contributed by atoms with Crippen LogP contribution in [0.25, 0.3) is 0 Å². The van der Waals surface area contributed by atoms with E-state index in [1.807, 2.05) is 6.92 Å². The van der Waals surface area contributed by atoms with Crippen molar-refractivity contribution in [1.29, 1.82) is 0 Å². The second-order valence-corrected chi connectivity index (χ2v) is 6.45. The maximum Gasteiger partial charge on any atom is 0.160 e. The molecule has 164 valence electrons. The highest BCUT2D eigenvalue weighted by Gasteiger charge is 2.21. The lowest BCUT2D eigenvalue weighted by Crippen LogP contribution is -2.30. The van der Waals surface area contributed by atoms with Crippen LogP contribution in [-0.2, 0) is 28.4 Å². The van der Waals surface area contributed by atoms with Crippen LogP contribution in [0.15, 0.2) is 0 Å². The summed E-state index contributed by atoms with van der Waals surface area (Å²) in [5.74, 6) is 0.404. The van der Waals surface area contributed by atoms with Crippen molar-refractivity contribution in [3.63, 3.8) is 0 Å². The number of rotatable bonds is 22. The predicted octanol–water partition coefficient (Wildman–Crippen LogP) is 4.06. The van der Waals surface area contributed by atoms with Crippen molar-refractivity contribution >= 4 is 0 Å². The molecular weight excluding hydrogens is 348 g/mol. The molecule has 0 aliphatic carbocycles. The van der Waals surface area contributed by atoms with E-state index in [2.05, 4.69) is 20.8 Å². The van der Waals surface area contributed by atoms with Gasteiger partial charge in [0.1, 0.15) is 0 Å². The van der Waals surface area contributed by atoms with Crippen LogP contribution < -0.4 is 0 Å². The van der Waals surface area contributed by atoms with Gasteiger partial charge in [0.2, 0.25) is 0 Å². The molecule has 0 aliphatic rings. The lowest BCUT2D eigenvalue weighted by molar-refractivity contribution is -0.187. The van der Waals surface area contributed by atoms with Crippen molar-refractivity contribution in [3.05, 3.63) is 0 Å². The minimum Gasteiger partial charge on any atom is -0.379 e. The summed E-state index contributed by atoms with van der Waals surface area (Å²) in [6.45, 7) is 14.7. The predicted molar refractivity (Wildman–Crippen MR) is 108 cm³/mol. The van der Waals surface area contributed by atoms with Crippen molar-refractivity contribution in [1.82, 2.24) is 0 Å². The first kappa shape index (κ1) is 26.8. The van der Waals surface area contributed by atoms with Crippen molar-refractivity contribution < 1.29 is 28.4 Å². The highest BCUT2D eigenvalue weighted by atomic mass is 16.7. The lowest BCUT2D eigenvalue weighted by atomic mass is 9.99. The quantitative estimate of drug-likeness (QED) is 0.205. The molecule has 0 aliphatic heterocycles. The Morgan fingerprint density at radius 1 is 0.556 bits per heavy atom. The maximum atomic E-state index is 6.00. The fraction of sp³-hybridized carbons (Fsp3) is 1.00. The molecule has 2 atom stereocenters. The molecule has 0 heterocycles. The summed E-state index contributed by atoms with van der Waals surface area (Å²) < 4.78 is 33.7. The smallest absolute Gasteiger partial charge is 0.160 e. The van der Waals surface area contributed by atoms with Crippen LogP contribution in [0.3, 0.4) is 0 Å². The van der Waals surface area contributed by atoms with E-state index in [9.17, 15) is 0 Å². The van der Waals surface area contributed by atoms with Gasteiger partial charge in [0.15, 0.2) is 6.29 Å². The Morgan fingerprint density at radius 2 is 1.07 bits per heavy atom. The molecule has 0 bridgehead atoms. The fourth-order valence-corrected chi connectivity index (χ4v) is 2.60. The molecule has 0 aromatic carbocycles. The standard InChI is InChI=1S/C21H44O6/c1-5-9-10-20(7-3)21(26-18-16-24-13-12-22-8-4)27-19-17-25-15-14-23-11-6-2/h20-21H,5-19H2,1-4H3. The van der Waals surface area contributed by atoms with Gasteiger partial charge in [0.05, 0.1) is 52.9 Å². The highest BCUT2D eigenvalue weighted by Crippen LogP contribution is 2.20. The monoisotopic (exact) mass is 392 g/mol. The van der Waals surface area contributed by atoms with E-state index in [4.69, 9.17) is 28.4 Å². The van der Waals surface area contributed by atoms with E-state index in [0.717, 1.165) is 32.5 Å². The normalized spacial score (nSPS) is 13.8. The van der Waals surface area contributed by atoms with E-state index < -0.39 is 0 Å². The Hall–Kier alpha value is -0.240. The zero-order valence-electron chi connectivity index (χ0n) is 18.2. The zero-order chi connectivity index (χ0) is 20.0. The molecule has 2 unspecified atom stereocenters. The summed E-state index contributed by atoms with van der Waals surface area (Å²) in [5.41, 5.74) is 0. The van der Waals surface area contributed by atoms with Crippen LogP contribution in [0.1, 0.15) is 59.8 Å². The first-order chi connectivity index (χ1) is 13.3. The molecule has 0 saturated heterocycles. The van der Waals surface area contributed by atoms with Gasteiger partial charge in [-0.15, -0.1) is 0 Å². The molecule has 0 saturated carbocycles. The first-order valence-electron chi connectivity index (χ1n) is 10.8. The third-order valence-electron chi connectivity index (χ3n) is 4.15. The Labute approximate surface area is 167 Å². The largest absolute Gasteiger partial charge is 0.379 e. The summed E-state index contributed by atoms with van der Waals surface area (Å²) >= 11 is 0. The Balaban J connectivity index is 4.02. The van der Waals surface area contributed by atoms with Gasteiger partial charge in [-0.25, -0.2) is 0 Å². The second-order valence-electron chi connectivity index (χ2n) is 6.45. The molecular formula is C21H44O6. The van der Waals surface area contributed by atoms with Crippen LogP contribution in [-0.4, -0.2) is 72.4 Å². The summed E-state index contributed by atoms with van der Waals surface area (Å²) in [5, 5.41) is 0. The Bertz CT molecular complexity index is 277. The van der Waals surface area contributed by atoms with E-state index in [-0.39, 0.29) is 6.29 Å². The SMILES string of the molecule is CCCCC(CC)C(OCCOCCOCC)OCCOCCOCCC. The Kier molecular flexibility index (Phi) is 21.9. The number of ether oxygens (including phenoxy) is 6. The van der Waals surface area contributed by atoms with Gasteiger partial charge in [0.25, 0.3) is 0 Å². The number of hydrogen-bond donors (Lipinski definition) is 0. The zero-order valence-corrected chi connectivity index (χ0v) is 18.2. The molecule has 0 spiro atoms. The third-order valence-corrected chi connectivity index (χ3v) is 4.15. The summed E-state index contributed by atoms with van der Waals surface area (Å²) in [7, 11) is 0. The van der Waals surface area contributed by atoms with Gasteiger partial charge in [-0.05, 0) is 26.2 Å². The van der Waals surface area contributed by atoms with E-state index in [0.29, 0.717) is 58.8 Å². The topological polar surface area (TPSA) is 55.4 Å². The summed E-state index contributed by atoms with van der Waals surface area (Å²) in [6.07, 6.45) is 5.38. The maximum absolute atomic E-state index is 6.00. The molecule has 0 aromatic rings. The Morgan fingerprint density at radius 3 is 1.56 bits per heavy atom. The minimum atomic E-state index is -0.197. The molecule has 0 N–H and O–H groups in total. The average molecular weight is 393 g/mol. The first-order valence-corrected chi connectivity index (χ1v) is 10.8. The van der Waals surface area contributed by atoms with Gasteiger partial charge in [0, 0.05) is 19.1 Å². The third kappa shape index (κ3) is 17.6. The fourth-order valence-electron chi connectivity index (χ4n) is 2.60. The molecule has 6 nitrogen and oxygen atoms in total. The van der Waals surface area contributed by atoms with E-state index >= 15 is 0 Å². The molecule has 0 amide bonds. The van der Waals surface area contributed by atoms with Gasteiger partial charge in [-0.3, -0.25) is 0 Å². The van der Waals surface area contributed by atoms with Crippen LogP contribution >= 0.6 is 0 Å². The molecule has 27 heavy (non-hydrogen) atoms. The van der Waals surface area contributed by atoms with E-state index in [1.54, 1.807) is 0 Å². The molecule has 0 aromatic heterocycles. The van der Waals surface area contributed by atoms with Crippen LogP contribution in [0.4, 0.5) is 0 Å². The summed E-state index contributed by atoms with van der Waals surface area (Å²) in [6, 6.07) is 0. The average Bonchev–Trinajstić information content (AvgIpc) is 2.69. The number of hydrogen-bond acceptors (Lipinski definition) is 6. The van der Waals surface area contributed by atoms with Gasteiger partial charge >= 0.3 is 0 Å². The van der Waals surface area contributed by atoms with Crippen LogP contribution in [0.2, 0.25) is 0 Å². The highest BCUT2D eigenvalue weighted by molar-refractivity contribution is 4.62. The summed E-state index contributed by atoms with van der Waals surface area (Å²) in [4.78, 5) is 0. The minimum absolute atomic E-state index is 0.197. The lowest BCUT2D eigenvalue weighted by Gasteiger charge is -2.26. The van der Waals surface area contributed by atoms with Crippen LogP contribution in [0, 0.1) is 5.92 Å². The van der Waals surface area contributed by atoms with Crippen molar-refractivity contribution in [2.75, 3.05) is 66.1 Å². The number of unbranched alkanes of at least 4 members (excludes halogenated alkanes) is 1. The van der Waals surface area contributed by atoms with Gasteiger partial charge in [-0.1, -0.05) is 33.6 Å². The van der Waals surface area contributed by atoms with Crippen LogP contribution in [0.5, 0.6) is 0 Å². The second kappa shape index (κ2) is 22.1. The van der Waals surface area contributed by atoms with Gasteiger partial charge in [-0.2, -0.15) is 0 Å². The van der Waals surface area contributed by atoms with Crippen molar-refractivity contribution in [3.8, 4) is 0 Å². The van der Waals surface area contributed by atoms with Crippen molar-refractivity contribution in [2.45, 2.75) is 66.1 Å². The molecule has 0 fully saturated rings. The van der Waals surface area contributed by atoms with Crippen molar-refractivity contribution in [2.24, 2.45) is 5.92 Å². The van der Waals surface area contributed by atoms with Gasteiger partial charge < -0.3 is 28.4 Å².